The number of aromatic nitrogens is 4. The number of benzene rings is 1. The van der Waals surface area contributed by atoms with Crippen molar-refractivity contribution in [3.8, 4) is 0 Å². The normalized spacial score (nSPS) is 21.7. The fraction of sp³-hybridized carbons (Fsp3) is 0.476. The monoisotopic (exact) mass is 397 g/mol. The molecule has 0 unspecified atom stereocenters. The average Bonchev–Trinajstić information content (AvgIpc) is 3.35. The Morgan fingerprint density at radius 1 is 1.24 bits per heavy atom. The van der Waals surface area contributed by atoms with Crippen LogP contribution in [0.3, 0.4) is 0 Å². The molecule has 3 atom stereocenters. The van der Waals surface area contributed by atoms with Crippen LogP contribution in [-0.4, -0.2) is 41.8 Å². The van der Waals surface area contributed by atoms with Gasteiger partial charge in [-0.15, -0.1) is 0 Å². The van der Waals surface area contributed by atoms with Crippen LogP contribution in [0.2, 0.25) is 0 Å². The third kappa shape index (κ3) is 3.48. The predicted octanol–water partition coefficient (Wildman–Crippen LogP) is 1.20. The van der Waals surface area contributed by atoms with Gasteiger partial charge in [0, 0.05) is 32.9 Å². The Kier molecular flexibility index (Phi) is 5.04. The minimum atomic E-state index is -0.623. The highest BCUT2D eigenvalue weighted by molar-refractivity contribution is 5.78. The summed E-state index contributed by atoms with van der Waals surface area (Å²) in [5.41, 5.74) is 2.68. The van der Waals surface area contributed by atoms with Gasteiger partial charge in [0.15, 0.2) is 0 Å². The number of fused-ring (bicyclic) bond motifs is 1. The molecule has 1 aliphatic carbocycles. The summed E-state index contributed by atoms with van der Waals surface area (Å²) in [5.74, 6) is 0.797. The zero-order chi connectivity index (χ0) is 20.7. The smallest absolute Gasteiger partial charge is 0.328 e. The summed E-state index contributed by atoms with van der Waals surface area (Å²) < 4.78 is 5.22. The SMILES string of the molecule is Cc1nccn1[C@@H]1CC[C@@H](NC(=O)CCc2ccc3c(c2)n(C)c(=O)n3C)[C@H]1O. The fourth-order valence-corrected chi connectivity index (χ4v) is 4.40. The molecule has 1 saturated carbocycles. The molecule has 1 fully saturated rings. The van der Waals surface area contributed by atoms with Gasteiger partial charge in [0.25, 0.3) is 0 Å². The number of carbonyl (C=O) groups excluding carboxylic acids is 1. The van der Waals surface area contributed by atoms with Crippen LogP contribution in [0.15, 0.2) is 35.4 Å². The van der Waals surface area contributed by atoms with Gasteiger partial charge in [-0.3, -0.25) is 13.9 Å². The minimum absolute atomic E-state index is 0.0513. The zero-order valence-electron chi connectivity index (χ0n) is 17.0. The predicted molar refractivity (Wildman–Crippen MR) is 110 cm³/mol. The van der Waals surface area contributed by atoms with Gasteiger partial charge in [-0.1, -0.05) is 6.07 Å². The molecular weight excluding hydrogens is 370 g/mol. The standard InChI is InChI=1S/C21H27N5O3/c1-13-22-10-11-26(13)17-8-6-15(20(17)28)23-19(27)9-5-14-4-7-16-18(12-14)25(3)21(29)24(16)2/h4,7,10-12,15,17,20,28H,5-6,8-9H2,1-3H3,(H,23,27)/t15-,17-,20-/m1/s1. The summed E-state index contributed by atoms with van der Waals surface area (Å²) in [5, 5.41) is 13.6. The lowest BCUT2D eigenvalue weighted by Gasteiger charge is -2.22. The number of aliphatic hydroxyl groups excluding tert-OH is 1. The van der Waals surface area contributed by atoms with Crippen LogP contribution in [-0.2, 0) is 25.3 Å². The quantitative estimate of drug-likeness (QED) is 0.676. The Hall–Kier alpha value is -2.87. The molecule has 0 radical (unpaired) electrons. The molecule has 0 spiro atoms. The van der Waals surface area contributed by atoms with Crippen LogP contribution in [0.25, 0.3) is 11.0 Å². The molecule has 0 aliphatic heterocycles. The molecule has 0 saturated heterocycles. The molecule has 3 aromatic rings. The Labute approximate surface area is 168 Å². The molecular formula is C21H27N5O3. The molecule has 4 rings (SSSR count). The summed E-state index contributed by atoms with van der Waals surface area (Å²) >= 11 is 0. The van der Waals surface area contributed by atoms with Gasteiger partial charge < -0.3 is 15.0 Å². The Bertz CT molecular complexity index is 1110. The number of aliphatic hydroxyl groups is 1. The largest absolute Gasteiger partial charge is 0.389 e. The number of nitrogens with one attached hydrogen (secondary N) is 1. The number of carbonyl (C=O) groups is 1. The first-order valence-corrected chi connectivity index (χ1v) is 9.98. The number of hydrogen-bond donors (Lipinski definition) is 2. The van der Waals surface area contributed by atoms with Crippen molar-refractivity contribution in [3.63, 3.8) is 0 Å². The highest BCUT2D eigenvalue weighted by atomic mass is 16.3. The van der Waals surface area contributed by atoms with E-state index >= 15 is 0 Å². The molecule has 29 heavy (non-hydrogen) atoms. The second kappa shape index (κ2) is 7.51. The molecule has 2 aromatic heterocycles. The number of imidazole rings is 2. The maximum Gasteiger partial charge on any atom is 0.328 e. The van der Waals surface area contributed by atoms with E-state index < -0.39 is 6.10 Å². The van der Waals surface area contributed by atoms with Crippen molar-refractivity contribution in [1.82, 2.24) is 24.0 Å². The highest BCUT2D eigenvalue weighted by Crippen LogP contribution is 2.31. The van der Waals surface area contributed by atoms with Crippen molar-refractivity contribution in [2.75, 3.05) is 0 Å². The zero-order valence-corrected chi connectivity index (χ0v) is 17.0. The second-order valence-electron chi connectivity index (χ2n) is 7.91. The van der Waals surface area contributed by atoms with Crippen molar-refractivity contribution in [3.05, 3.63) is 52.5 Å². The van der Waals surface area contributed by atoms with Gasteiger partial charge in [0.2, 0.25) is 5.91 Å². The van der Waals surface area contributed by atoms with Crippen LogP contribution in [0.5, 0.6) is 0 Å². The summed E-state index contributed by atoms with van der Waals surface area (Å²) in [6, 6.07) is 5.54. The Morgan fingerprint density at radius 3 is 2.72 bits per heavy atom. The average molecular weight is 397 g/mol. The molecule has 0 bridgehead atoms. The lowest BCUT2D eigenvalue weighted by Crippen LogP contribution is -2.42. The van der Waals surface area contributed by atoms with E-state index in [1.54, 1.807) is 29.4 Å². The van der Waals surface area contributed by atoms with Gasteiger partial charge in [-0.25, -0.2) is 9.78 Å². The van der Waals surface area contributed by atoms with Gasteiger partial charge in [0.05, 0.1) is 29.2 Å². The number of rotatable bonds is 5. The summed E-state index contributed by atoms with van der Waals surface area (Å²) in [6.45, 7) is 1.91. The third-order valence-corrected chi connectivity index (χ3v) is 6.12. The van der Waals surface area contributed by atoms with E-state index in [4.69, 9.17) is 0 Å². The first-order valence-electron chi connectivity index (χ1n) is 9.98. The van der Waals surface area contributed by atoms with Gasteiger partial charge >= 0.3 is 5.69 Å². The van der Waals surface area contributed by atoms with Gasteiger partial charge in [-0.05, 0) is 43.9 Å². The lowest BCUT2D eigenvalue weighted by atomic mass is 10.1. The number of nitrogens with zero attached hydrogens (tertiary/aromatic N) is 4. The molecule has 1 amide bonds. The number of aryl methyl sites for hydroxylation is 4. The van der Waals surface area contributed by atoms with E-state index in [0.29, 0.717) is 12.8 Å². The van der Waals surface area contributed by atoms with Crippen molar-refractivity contribution in [1.29, 1.82) is 0 Å². The van der Waals surface area contributed by atoms with E-state index in [0.717, 1.165) is 35.3 Å². The van der Waals surface area contributed by atoms with Crippen LogP contribution < -0.4 is 11.0 Å². The molecule has 1 aromatic carbocycles. The number of amides is 1. The summed E-state index contributed by atoms with van der Waals surface area (Å²) in [4.78, 5) is 28.7. The van der Waals surface area contributed by atoms with E-state index in [9.17, 15) is 14.7 Å². The molecule has 2 heterocycles. The molecule has 8 heteroatoms. The van der Waals surface area contributed by atoms with Crippen molar-refractivity contribution in [2.45, 2.75) is 50.8 Å². The second-order valence-corrected chi connectivity index (χ2v) is 7.91. The molecule has 1 aliphatic rings. The van der Waals surface area contributed by atoms with Gasteiger partial charge in [0.1, 0.15) is 5.82 Å². The van der Waals surface area contributed by atoms with Crippen LogP contribution in [0.1, 0.15) is 36.7 Å². The lowest BCUT2D eigenvalue weighted by molar-refractivity contribution is -0.122. The first-order chi connectivity index (χ1) is 13.9. The topological polar surface area (TPSA) is 94.1 Å². The van der Waals surface area contributed by atoms with E-state index in [-0.39, 0.29) is 23.7 Å². The highest BCUT2D eigenvalue weighted by Gasteiger charge is 2.36. The van der Waals surface area contributed by atoms with Crippen LogP contribution >= 0.6 is 0 Å². The maximum atomic E-state index is 12.5. The molecule has 8 nitrogen and oxygen atoms in total. The summed E-state index contributed by atoms with van der Waals surface area (Å²) in [7, 11) is 3.50. The van der Waals surface area contributed by atoms with E-state index in [1.165, 1.54) is 0 Å². The molecule has 154 valence electrons. The number of hydrogen-bond acceptors (Lipinski definition) is 4. The third-order valence-electron chi connectivity index (χ3n) is 6.12. The Morgan fingerprint density at radius 2 is 2.00 bits per heavy atom. The van der Waals surface area contributed by atoms with Crippen LogP contribution in [0, 0.1) is 6.92 Å². The van der Waals surface area contributed by atoms with E-state index in [2.05, 4.69) is 10.3 Å². The van der Waals surface area contributed by atoms with E-state index in [1.807, 2.05) is 35.9 Å². The van der Waals surface area contributed by atoms with Crippen molar-refractivity contribution < 1.29 is 9.90 Å². The first kappa shape index (κ1) is 19.4. The van der Waals surface area contributed by atoms with Gasteiger partial charge in [-0.2, -0.15) is 0 Å². The van der Waals surface area contributed by atoms with Crippen molar-refractivity contribution in [2.24, 2.45) is 14.1 Å². The van der Waals surface area contributed by atoms with Crippen molar-refractivity contribution >= 4 is 16.9 Å². The minimum Gasteiger partial charge on any atom is -0.389 e. The maximum absolute atomic E-state index is 12.5. The fourth-order valence-electron chi connectivity index (χ4n) is 4.40. The van der Waals surface area contributed by atoms with Crippen LogP contribution in [0.4, 0.5) is 0 Å². The Balaban J connectivity index is 1.37. The molecule has 2 N–H and O–H groups in total. The summed E-state index contributed by atoms with van der Waals surface area (Å²) in [6.07, 6.45) is 5.45.